The van der Waals surface area contributed by atoms with Crippen molar-refractivity contribution in [1.82, 2.24) is 0 Å². The van der Waals surface area contributed by atoms with Crippen LogP contribution in [-0.4, -0.2) is 42.4 Å². The highest BCUT2D eigenvalue weighted by Crippen LogP contribution is 2.45. The van der Waals surface area contributed by atoms with Crippen LogP contribution in [0.25, 0.3) is 0 Å². The van der Waals surface area contributed by atoms with Gasteiger partial charge in [0.1, 0.15) is 6.61 Å². The van der Waals surface area contributed by atoms with Crippen molar-refractivity contribution in [2.24, 2.45) is 5.92 Å². The lowest BCUT2D eigenvalue weighted by molar-refractivity contribution is -0.320. The number of fused-ring (bicyclic) bond motifs is 2. The molecule has 0 amide bonds. The van der Waals surface area contributed by atoms with Gasteiger partial charge in [-0.2, -0.15) is 0 Å². The number of ether oxygens (including phenoxy) is 3. The van der Waals surface area contributed by atoms with Crippen LogP contribution in [0.1, 0.15) is 65.7 Å². The van der Waals surface area contributed by atoms with Gasteiger partial charge in [-0.3, -0.25) is 0 Å². The molecule has 4 unspecified atom stereocenters. The summed E-state index contributed by atoms with van der Waals surface area (Å²) >= 11 is 0. The van der Waals surface area contributed by atoms with E-state index in [1.807, 2.05) is 6.92 Å². The summed E-state index contributed by atoms with van der Waals surface area (Å²) in [5.74, 6) is -0.194. The second kappa shape index (κ2) is 7.64. The molecule has 2 fully saturated rings. The maximum atomic E-state index is 10.2. The van der Waals surface area contributed by atoms with Gasteiger partial charge >= 0.3 is 0 Å². The monoisotopic (exact) mass is 326 g/mol. The fourth-order valence-corrected chi connectivity index (χ4v) is 3.72. The zero-order valence-electron chi connectivity index (χ0n) is 15.3. The van der Waals surface area contributed by atoms with Crippen molar-refractivity contribution in [1.29, 1.82) is 0 Å². The molecule has 0 aromatic carbocycles. The molecule has 2 bridgehead atoms. The third-order valence-corrected chi connectivity index (χ3v) is 5.68. The van der Waals surface area contributed by atoms with Crippen LogP contribution in [0.2, 0.25) is 0 Å². The van der Waals surface area contributed by atoms with Crippen LogP contribution in [0, 0.1) is 5.92 Å². The minimum absolute atomic E-state index is 0.125. The molecule has 2 heterocycles. The van der Waals surface area contributed by atoms with Gasteiger partial charge in [0, 0.05) is 13.5 Å². The Morgan fingerprint density at radius 1 is 1.43 bits per heavy atom. The first-order valence-electron chi connectivity index (χ1n) is 9.00. The van der Waals surface area contributed by atoms with Gasteiger partial charge in [0.2, 0.25) is 0 Å². The van der Waals surface area contributed by atoms with Crippen molar-refractivity contribution in [3.8, 4) is 0 Å². The van der Waals surface area contributed by atoms with E-state index >= 15 is 0 Å². The molecule has 0 spiro atoms. The van der Waals surface area contributed by atoms with Gasteiger partial charge < -0.3 is 19.3 Å². The minimum Gasteiger partial charge on any atom is -0.393 e. The van der Waals surface area contributed by atoms with E-state index in [4.69, 9.17) is 14.2 Å². The van der Waals surface area contributed by atoms with Crippen LogP contribution in [0.4, 0.5) is 0 Å². The van der Waals surface area contributed by atoms with Gasteiger partial charge in [-0.15, -0.1) is 6.58 Å². The quantitative estimate of drug-likeness (QED) is 0.654. The number of rotatable bonds is 9. The molecule has 0 radical (unpaired) electrons. The van der Waals surface area contributed by atoms with Crippen molar-refractivity contribution in [3.05, 3.63) is 12.2 Å². The average Bonchev–Trinajstić information content (AvgIpc) is 2.91. The van der Waals surface area contributed by atoms with E-state index in [-0.39, 0.29) is 17.8 Å². The molecule has 0 aliphatic carbocycles. The zero-order valence-corrected chi connectivity index (χ0v) is 15.3. The molecular formula is C19H34O4. The first-order chi connectivity index (χ1) is 10.8. The third kappa shape index (κ3) is 4.56. The molecule has 2 aliphatic heterocycles. The molecule has 4 heteroatoms. The second-order valence-corrected chi connectivity index (χ2v) is 7.79. The molecule has 5 atom stereocenters. The van der Waals surface area contributed by atoms with Crippen LogP contribution in [0.3, 0.4) is 0 Å². The summed E-state index contributed by atoms with van der Waals surface area (Å²) in [7, 11) is 1.70. The van der Waals surface area contributed by atoms with Crippen molar-refractivity contribution in [2.45, 2.75) is 89.3 Å². The van der Waals surface area contributed by atoms with E-state index < -0.39 is 5.79 Å². The zero-order chi connectivity index (χ0) is 17.1. The Balaban J connectivity index is 1.74. The fourth-order valence-electron chi connectivity index (χ4n) is 3.72. The minimum atomic E-state index is -0.504. The molecule has 1 N–H and O–H groups in total. The molecule has 0 aromatic rings. The Kier molecular flexibility index (Phi) is 6.28. The Morgan fingerprint density at radius 3 is 2.83 bits per heavy atom. The van der Waals surface area contributed by atoms with Gasteiger partial charge in [0.05, 0.1) is 17.8 Å². The molecule has 2 saturated heterocycles. The van der Waals surface area contributed by atoms with Crippen LogP contribution in [0.5, 0.6) is 0 Å². The number of hydrogen-bond donors (Lipinski definition) is 1. The Labute approximate surface area is 141 Å². The van der Waals surface area contributed by atoms with Crippen LogP contribution < -0.4 is 0 Å². The summed E-state index contributed by atoms with van der Waals surface area (Å²) in [4.78, 5) is 0. The van der Waals surface area contributed by atoms with E-state index in [0.29, 0.717) is 12.5 Å². The average molecular weight is 326 g/mol. The van der Waals surface area contributed by atoms with Crippen LogP contribution in [0.15, 0.2) is 12.2 Å². The number of hydrogen-bond acceptors (Lipinski definition) is 4. The predicted octanol–water partition coefficient (Wildman–Crippen LogP) is 3.82. The SMILES string of the molecule is C=C(C)CCC(O)C(C)CCCC1(C)OCC2(OC)CC[C@@H]1O2. The topological polar surface area (TPSA) is 47.9 Å². The maximum absolute atomic E-state index is 10.2. The molecule has 2 aliphatic rings. The normalized spacial score (nSPS) is 36.0. The van der Waals surface area contributed by atoms with Crippen molar-refractivity contribution in [3.63, 3.8) is 0 Å². The summed E-state index contributed by atoms with van der Waals surface area (Å²) in [6, 6.07) is 0. The van der Waals surface area contributed by atoms with E-state index in [0.717, 1.165) is 50.5 Å². The van der Waals surface area contributed by atoms with Gasteiger partial charge in [-0.05, 0) is 51.9 Å². The van der Waals surface area contributed by atoms with Crippen LogP contribution >= 0.6 is 0 Å². The summed E-state index contributed by atoms with van der Waals surface area (Å²) in [5.41, 5.74) is 0.917. The number of methoxy groups -OCH3 is 1. The third-order valence-electron chi connectivity index (χ3n) is 5.68. The number of allylic oxidation sites excluding steroid dienone is 1. The number of aliphatic hydroxyl groups is 1. The van der Waals surface area contributed by atoms with E-state index in [9.17, 15) is 5.11 Å². The van der Waals surface area contributed by atoms with Crippen molar-refractivity contribution in [2.75, 3.05) is 13.7 Å². The van der Waals surface area contributed by atoms with Crippen LogP contribution in [-0.2, 0) is 14.2 Å². The lowest BCUT2D eigenvalue weighted by Gasteiger charge is -2.43. The van der Waals surface area contributed by atoms with E-state index in [1.54, 1.807) is 7.11 Å². The summed E-state index contributed by atoms with van der Waals surface area (Å²) < 4.78 is 17.8. The van der Waals surface area contributed by atoms with Gasteiger partial charge in [0.15, 0.2) is 5.79 Å². The maximum Gasteiger partial charge on any atom is 0.192 e. The molecule has 4 nitrogen and oxygen atoms in total. The first kappa shape index (κ1) is 18.9. The van der Waals surface area contributed by atoms with Gasteiger partial charge in [-0.1, -0.05) is 18.9 Å². The first-order valence-corrected chi connectivity index (χ1v) is 9.00. The standard InChI is InChI=1S/C19H34O4/c1-14(2)8-9-16(20)15(3)7-6-11-18(4)17-10-12-19(21-5,23-17)13-22-18/h15-17,20H,1,6-13H2,2-5H3/t15?,16?,17-,18?,19?/m0/s1. The van der Waals surface area contributed by atoms with Gasteiger partial charge in [0.25, 0.3) is 0 Å². The number of aliphatic hydroxyl groups excluding tert-OH is 1. The van der Waals surface area contributed by atoms with Gasteiger partial charge in [-0.25, -0.2) is 0 Å². The van der Waals surface area contributed by atoms with Crippen molar-refractivity contribution >= 4 is 0 Å². The highest BCUT2D eigenvalue weighted by atomic mass is 16.7. The molecule has 0 aromatic heterocycles. The smallest absolute Gasteiger partial charge is 0.192 e. The predicted molar refractivity (Wildman–Crippen MR) is 91.3 cm³/mol. The Bertz CT molecular complexity index is 410. The molecule has 2 rings (SSSR count). The Morgan fingerprint density at radius 2 is 2.17 bits per heavy atom. The molecule has 134 valence electrons. The summed E-state index contributed by atoms with van der Waals surface area (Å²) in [6.45, 7) is 10.7. The largest absolute Gasteiger partial charge is 0.393 e. The summed E-state index contributed by atoms with van der Waals surface area (Å²) in [6.07, 6.45) is 6.54. The fraction of sp³-hybridized carbons (Fsp3) is 0.895. The van der Waals surface area contributed by atoms with Crippen molar-refractivity contribution < 1.29 is 19.3 Å². The second-order valence-electron chi connectivity index (χ2n) is 7.79. The van der Waals surface area contributed by atoms with E-state index in [1.165, 1.54) is 0 Å². The molecule has 0 saturated carbocycles. The Hall–Kier alpha value is -0.420. The van der Waals surface area contributed by atoms with E-state index in [2.05, 4.69) is 20.4 Å². The molecule has 23 heavy (non-hydrogen) atoms. The highest BCUT2D eigenvalue weighted by Gasteiger charge is 2.53. The highest BCUT2D eigenvalue weighted by molar-refractivity contribution is 4.98. The lowest BCUT2D eigenvalue weighted by Crippen LogP contribution is -2.53. The molecular weight excluding hydrogens is 292 g/mol. The summed E-state index contributed by atoms with van der Waals surface area (Å²) in [5, 5.41) is 10.2. The lowest BCUT2D eigenvalue weighted by atomic mass is 9.87.